The molecule has 0 saturated carbocycles. The summed E-state index contributed by atoms with van der Waals surface area (Å²) >= 11 is 0. The third-order valence-corrected chi connectivity index (χ3v) is 2.46. The minimum Gasteiger partial charge on any atom is -0.393 e. The Morgan fingerprint density at radius 1 is 1.36 bits per heavy atom. The first-order chi connectivity index (χ1) is 6.50. The Bertz CT molecular complexity index is 307. The van der Waals surface area contributed by atoms with Crippen molar-refractivity contribution in [1.82, 2.24) is 0 Å². The highest BCUT2D eigenvalue weighted by Crippen LogP contribution is 2.24. The Balaban J connectivity index is 2.84. The molecule has 1 rings (SSSR count). The van der Waals surface area contributed by atoms with Crippen molar-refractivity contribution in [2.45, 2.75) is 39.2 Å². The first-order valence-electron chi connectivity index (χ1n) is 4.95. The monoisotopic (exact) mass is 196 g/mol. The van der Waals surface area contributed by atoms with Crippen molar-refractivity contribution in [2.75, 3.05) is 0 Å². The maximum Gasteiger partial charge on any atom is 0.123 e. The van der Waals surface area contributed by atoms with Crippen LogP contribution in [0.1, 0.15) is 37.3 Å². The molecule has 0 fully saturated rings. The van der Waals surface area contributed by atoms with E-state index in [1.54, 1.807) is 13.0 Å². The molecule has 1 aromatic rings. The molecule has 0 spiro atoms. The van der Waals surface area contributed by atoms with Crippen molar-refractivity contribution < 1.29 is 9.50 Å². The van der Waals surface area contributed by atoms with E-state index in [1.807, 2.05) is 13.8 Å². The van der Waals surface area contributed by atoms with Crippen molar-refractivity contribution in [3.05, 3.63) is 35.1 Å². The molecule has 2 heteroatoms. The van der Waals surface area contributed by atoms with Gasteiger partial charge in [-0.2, -0.15) is 0 Å². The number of benzene rings is 1. The first-order valence-corrected chi connectivity index (χ1v) is 4.95. The third-order valence-electron chi connectivity index (χ3n) is 2.46. The molecular weight excluding hydrogens is 179 g/mol. The molecule has 2 unspecified atom stereocenters. The van der Waals surface area contributed by atoms with Gasteiger partial charge in [0.1, 0.15) is 5.82 Å². The molecule has 0 bridgehead atoms. The molecule has 1 N–H and O–H groups in total. The van der Waals surface area contributed by atoms with Crippen LogP contribution in [0.2, 0.25) is 0 Å². The fourth-order valence-electron chi connectivity index (χ4n) is 1.83. The smallest absolute Gasteiger partial charge is 0.123 e. The quantitative estimate of drug-likeness (QED) is 0.788. The van der Waals surface area contributed by atoms with Crippen LogP contribution in [0.5, 0.6) is 0 Å². The van der Waals surface area contributed by atoms with Gasteiger partial charge < -0.3 is 5.11 Å². The molecule has 0 radical (unpaired) electrons. The van der Waals surface area contributed by atoms with Crippen LogP contribution in [-0.4, -0.2) is 11.2 Å². The number of aryl methyl sites for hydroxylation is 1. The summed E-state index contributed by atoms with van der Waals surface area (Å²) in [5.74, 6) is 0.0751. The lowest BCUT2D eigenvalue weighted by Gasteiger charge is -2.16. The molecule has 0 heterocycles. The summed E-state index contributed by atoms with van der Waals surface area (Å²) in [6.07, 6.45) is 0.404. The maximum atomic E-state index is 12.8. The lowest BCUT2D eigenvalue weighted by atomic mass is 9.92. The molecule has 0 saturated heterocycles. The van der Waals surface area contributed by atoms with E-state index < -0.39 is 0 Å². The van der Waals surface area contributed by atoms with Crippen LogP contribution in [0, 0.1) is 12.7 Å². The van der Waals surface area contributed by atoms with Gasteiger partial charge in [0.2, 0.25) is 0 Å². The molecule has 78 valence electrons. The average Bonchev–Trinajstić information content (AvgIpc) is 2.01. The summed E-state index contributed by atoms with van der Waals surface area (Å²) in [5.41, 5.74) is 2.07. The van der Waals surface area contributed by atoms with Gasteiger partial charge in [-0.1, -0.05) is 13.0 Å². The lowest BCUT2D eigenvalue weighted by molar-refractivity contribution is 0.176. The number of hydrogen-bond acceptors (Lipinski definition) is 1. The maximum absolute atomic E-state index is 12.8. The second-order valence-corrected chi connectivity index (χ2v) is 3.99. The Morgan fingerprint density at radius 3 is 2.50 bits per heavy atom. The van der Waals surface area contributed by atoms with E-state index in [2.05, 4.69) is 0 Å². The third kappa shape index (κ3) is 2.81. The number of rotatable bonds is 3. The van der Waals surface area contributed by atoms with Crippen LogP contribution >= 0.6 is 0 Å². The minimum absolute atomic E-state index is 0.199. The van der Waals surface area contributed by atoms with Crippen LogP contribution in [0.4, 0.5) is 4.39 Å². The van der Waals surface area contributed by atoms with Crippen molar-refractivity contribution in [2.24, 2.45) is 0 Å². The number of aliphatic hydroxyl groups is 1. The van der Waals surface area contributed by atoms with Gasteiger partial charge in [0.15, 0.2) is 0 Å². The highest BCUT2D eigenvalue weighted by atomic mass is 19.1. The molecule has 0 aliphatic carbocycles. The van der Waals surface area contributed by atoms with Crippen molar-refractivity contribution in [1.29, 1.82) is 0 Å². The predicted octanol–water partition coefficient (Wildman–Crippen LogP) is 3.01. The van der Waals surface area contributed by atoms with Crippen molar-refractivity contribution in [3.8, 4) is 0 Å². The summed E-state index contributed by atoms with van der Waals surface area (Å²) in [7, 11) is 0. The molecule has 0 aliphatic rings. The van der Waals surface area contributed by atoms with Gasteiger partial charge in [-0.25, -0.2) is 4.39 Å². The van der Waals surface area contributed by atoms with Gasteiger partial charge in [0.25, 0.3) is 0 Å². The van der Waals surface area contributed by atoms with Gasteiger partial charge in [-0.05, 0) is 49.4 Å². The summed E-state index contributed by atoms with van der Waals surface area (Å²) < 4.78 is 12.8. The van der Waals surface area contributed by atoms with Gasteiger partial charge in [-0.15, -0.1) is 0 Å². The summed E-state index contributed by atoms with van der Waals surface area (Å²) in [6, 6.07) is 4.81. The van der Waals surface area contributed by atoms with E-state index in [4.69, 9.17) is 0 Å². The van der Waals surface area contributed by atoms with Crippen molar-refractivity contribution in [3.63, 3.8) is 0 Å². The molecule has 1 nitrogen and oxygen atoms in total. The zero-order valence-electron chi connectivity index (χ0n) is 8.92. The normalized spacial score (nSPS) is 15.2. The number of halogens is 1. The fourth-order valence-corrected chi connectivity index (χ4v) is 1.83. The highest BCUT2D eigenvalue weighted by molar-refractivity contribution is 5.29. The zero-order valence-corrected chi connectivity index (χ0v) is 8.92. The van der Waals surface area contributed by atoms with Crippen LogP contribution in [0.3, 0.4) is 0 Å². The Morgan fingerprint density at radius 2 is 2.00 bits per heavy atom. The molecule has 2 atom stereocenters. The average molecular weight is 196 g/mol. The molecule has 0 amide bonds. The van der Waals surface area contributed by atoms with E-state index in [-0.39, 0.29) is 17.8 Å². The summed E-state index contributed by atoms with van der Waals surface area (Å²) in [6.45, 7) is 5.72. The van der Waals surface area contributed by atoms with Crippen LogP contribution in [0.15, 0.2) is 18.2 Å². The van der Waals surface area contributed by atoms with Gasteiger partial charge in [-0.3, -0.25) is 0 Å². The van der Waals surface area contributed by atoms with Crippen molar-refractivity contribution >= 4 is 0 Å². The Kier molecular flexibility index (Phi) is 3.64. The topological polar surface area (TPSA) is 20.2 Å². The van der Waals surface area contributed by atoms with E-state index >= 15 is 0 Å². The van der Waals surface area contributed by atoms with E-state index in [1.165, 1.54) is 12.1 Å². The number of aliphatic hydroxyl groups excluding tert-OH is 1. The SMILES string of the molecule is Cc1cc(F)ccc1C(C)CC(C)O. The zero-order chi connectivity index (χ0) is 10.7. The second kappa shape index (κ2) is 4.56. The molecule has 0 aliphatic heterocycles. The highest BCUT2D eigenvalue weighted by Gasteiger charge is 2.11. The van der Waals surface area contributed by atoms with Crippen LogP contribution in [0.25, 0.3) is 0 Å². The molecular formula is C12H17FO. The largest absolute Gasteiger partial charge is 0.393 e. The van der Waals surface area contributed by atoms with Crippen LogP contribution in [-0.2, 0) is 0 Å². The molecule has 14 heavy (non-hydrogen) atoms. The fraction of sp³-hybridized carbons (Fsp3) is 0.500. The van der Waals surface area contributed by atoms with Gasteiger partial charge in [0, 0.05) is 0 Å². The lowest BCUT2D eigenvalue weighted by Crippen LogP contribution is -2.07. The predicted molar refractivity (Wildman–Crippen MR) is 55.8 cm³/mol. The molecule has 1 aromatic carbocycles. The number of hydrogen-bond donors (Lipinski definition) is 1. The standard InChI is InChI=1S/C12H17FO/c1-8(6-10(3)14)12-5-4-11(13)7-9(12)2/h4-5,7-8,10,14H,6H2,1-3H3. The summed E-state index contributed by atoms with van der Waals surface area (Å²) in [5, 5.41) is 9.26. The Hall–Kier alpha value is -0.890. The minimum atomic E-state index is -0.311. The Labute approximate surface area is 84.6 Å². The van der Waals surface area contributed by atoms with Gasteiger partial charge >= 0.3 is 0 Å². The first kappa shape index (κ1) is 11.2. The van der Waals surface area contributed by atoms with E-state index in [0.717, 1.165) is 11.1 Å². The second-order valence-electron chi connectivity index (χ2n) is 3.99. The molecule has 0 aromatic heterocycles. The van der Waals surface area contributed by atoms with Crippen LogP contribution < -0.4 is 0 Å². The summed E-state index contributed by atoms with van der Waals surface area (Å²) in [4.78, 5) is 0. The van der Waals surface area contributed by atoms with E-state index in [9.17, 15) is 9.50 Å². The van der Waals surface area contributed by atoms with Gasteiger partial charge in [0.05, 0.1) is 6.10 Å². The van der Waals surface area contributed by atoms with E-state index in [0.29, 0.717) is 6.42 Å².